The van der Waals surface area contributed by atoms with Crippen molar-refractivity contribution in [2.75, 3.05) is 0 Å². The van der Waals surface area contributed by atoms with Crippen molar-refractivity contribution in [1.82, 2.24) is 9.88 Å². The second-order valence-electron chi connectivity index (χ2n) is 5.40. The predicted molar refractivity (Wildman–Crippen MR) is 81.6 cm³/mol. The van der Waals surface area contributed by atoms with E-state index in [-0.39, 0.29) is 5.91 Å². The molecule has 0 radical (unpaired) electrons. The summed E-state index contributed by atoms with van der Waals surface area (Å²) in [5.41, 5.74) is 5.85. The molecular formula is C17H22N2O. The lowest BCUT2D eigenvalue weighted by Crippen LogP contribution is -2.24. The van der Waals surface area contributed by atoms with Gasteiger partial charge in [0, 0.05) is 25.0 Å². The van der Waals surface area contributed by atoms with Crippen LogP contribution in [0.25, 0.3) is 0 Å². The van der Waals surface area contributed by atoms with E-state index in [1.54, 1.807) is 0 Å². The van der Waals surface area contributed by atoms with E-state index in [0.29, 0.717) is 13.0 Å². The highest BCUT2D eigenvalue weighted by Crippen LogP contribution is 2.13. The van der Waals surface area contributed by atoms with Crippen LogP contribution >= 0.6 is 0 Å². The Morgan fingerprint density at radius 2 is 1.95 bits per heavy atom. The van der Waals surface area contributed by atoms with Crippen LogP contribution in [0.5, 0.6) is 0 Å². The van der Waals surface area contributed by atoms with Crippen LogP contribution < -0.4 is 5.32 Å². The maximum Gasteiger partial charge on any atom is 0.224 e. The lowest BCUT2D eigenvalue weighted by Gasteiger charge is -2.06. The minimum Gasteiger partial charge on any atom is -0.352 e. The van der Waals surface area contributed by atoms with Crippen LogP contribution in [0.15, 0.2) is 30.3 Å². The fraction of sp³-hybridized carbons (Fsp3) is 0.353. The number of aryl methyl sites for hydroxylation is 2. The number of carbonyl (C=O) groups excluding carboxylic acids is 1. The molecule has 1 amide bonds. The maximum atomic E-state index is 12.0. The Morgan fingerprint density at radius 1 is 1.20 bits per heavy atom. The molecule has 1 aromatic heterocycles. The van der Waals surface area contributed by atoms with Crippen molar-refractivity contribution in [3.63, 3.8) is 0 Å². The van der Waals surface area contributed by atoms with E-state index < -0.39 is 0 Å². The first-order valence-electron chi connectivity index (χ1n) is 6.91. The van der Waals surface area contributed by atoms with Gasteiger partial charge in [-0.2, -0.15) is 0 Å². The quantitative estimate of drug-likeness (QED) is 0.910. The second-order valence-corrected chi connectivity index (χ2v) is 5.40. The third-order valence-corrected chi connectivity index (χ3v) is 3.80. The van der Waals surface area contributed by atoms with Gasteiger partial charge in [-0.3, -0.25) is 4.79 Å². The van der Waals surface area contributed by atoms with Gasteiger partial charge in [-0.25, -0.2) is 0 Å². The number of nitrogens with one attached hydrogen (secondary N) is 1. The predicted octanol–water partition coefficient (Wildman–Crippen LogP) is 2.81. The van der Waals surface area contributed by atoms with Gasteiger partial charge in [0.25, 0.3) is 0 Å². The summed E-state index contributed by atoms with van der Waals surface area (Å²) in [6.07, 6.45) is 0.437. The van der Waals surface area contributed by atoms with E-state index in [1.165, 1.54) is 22.5 Å². The molecule has 1 N–H and O–H groups in total. The lowest BCUT2D eigenvalue weighted by molar-refractivity contribution is -0.120. The molecule has 2 aromatic rings. The standard InChI is InChI=1S/C17H22N2O/c1-12-6-5-7-15(8-12)10-17(20)18-11-16-9-13(2)19(4)14(16)3/h5-9H,10-11H2,1-4H3,(H,18,20). The van der Waals surface area contributed by atoms with Gasteiger partial charge < -0.3 is 9.88 Å². The SMILES string of the molecule is Cc1cccc(CC(=O)NCc2cc(C)n(C)c2C)c1. The minimum atomic E-state index is 0.0662. The van der Waals surface area contributed by atoms with Crippen molar-refractivity contribution in [3.8, 4) is 0 Å². The van der Waals surface area contributed by atoms with Crippen molar-refractivity contribution in [2.24, 2.45) is 7.05 Å². The number of hydrogen-bond donors (Lipinski definition) is 1. The monoisotopic (exact) mass is 270 g/mol. The average molecular weight is 270 g/mol. The first kappa shape index (κ1) is 14.4. The van der Waals surface area contributed by atoms with Gasteiger partial charge in [-0.1, -0.05) is 29.8 Å². The van der Waals surface area contributed by atoms with Crippen LogP contribution in [0.1, 0.15) is 28.1 Å². The summed E-state index contributed by atoms with van der Waals surface area (Å²) in [5.74, 6) is 0.0662. The van der Waals surface area contributed by atoms with E-state index in [0.717, 1.165) is 5.56 Å². The highest BCUT2D eigenvalue weighted by molar-refractivity contribution is 5.78. The molecule has 2 rings (SSSR count). The average Bonchev–Trinajstić information content (AvgIpc) is 2.64. The van der Waals surface area contributed by atoms with Gasteiger partial charge in [-0.15, -0.1) is 0 Å². The Kier molecular flexibility index (Phi) is 4.28. The highest BCUT2D eigenvalue weighted by atomic mass is 16.1. The second kappa shape index (κ2) is 5.95. The van der Waals surface area contributed by atoms with Crippen molar-refractivity contribution in [1.29, 1.82) is 0 Å². The first-order chi connectivity index (χ1) is 9.47. The molecule has 0 bridgehead atoms. The number of benzene rings is 1. The van der Waals surface area contributed by atoms with Gasteiger partial charge in [0.05, 0.1) is 6.42 Å². The first-order valence-corrected chi connectivity index (χ1v) is 6.91. The molecule has 20 heavy (non-hydrogen) atoms. The van der Waals surface area contributed by atoms with E-state index in [4.69, 9.17) is 0 Å². The Hall–Kier alpha value is -2.03. The Labute approximate surface area is 120 Å². The normalized spacial score (nSPS) is 10.6. The molecule has 106 valence electrons. The molecule has 3 nitrogen and oxygen atoms in total. The van der Waals surface area contributed by atoms with E-state index in [2.05, 4.69) is 35.9 Å². The topological polar surface area (TPSA) is 34.0 Å². The van der Waals surface area contributed by atoms with Crippen LogP contribution in [0.2, 0.25) is 0 Å². The summed E-state index contributed by atoms with van der Waals surface area (Å²) < 4.78 is 2.14. The molecule has 0 fully saturated rings. The van der Waals surface area contributed by atoms with Gasteiger partial charge in [-0.05, 0) is 38.0 Å². The highest BCUT2D eigenvalue weighted by Gasteiger charge is 2.08. The van der Waals surface area contributed by atoms with Crippen LogP contribution in [0, 0.1) is 20.8 Å². The van der Waals surface area contributed by atoms with E-state index >= 15 is 0 Å². The molecule has 0 aliphatic carbocycles. The van der Waals surface area contributed by atoms with Crippen LogP contribution in [-0.2, 0) is 24.8 Å². The largest absolute Gasteiger partial charge is 0.352 e. The van der Waals surface area contributed by atoms with Crippen molar-refractivity contribution >= 4 is 5.91 Å². The van der Waals surface area contributed by atoms with Gasteiger partial charge in [0.1, 0.15) is 0 Å². The Bertz CT molecular complexity index is 626. The molecule has 0 aliphatic rings. The zero-order chi connectivity index (χ0) is 14.7. The Balaban J connectivity index is 1.94. The third kappa shape index (κ3) is 3.29. The van der Waals surface area contributed by atoms with E-state index in [1.807, 2.05) is 32.2 Å². The molecule has 1 aromatic carbocycles. The summed E-state index contributed by atoms with van der Waals surface area (Å²) in [7, 11) is 2.04. The van der Waals surface area contributed by atoms with Crippen molar-refractivity contribution in [2.45, 2.75) is 33.7 Å². The zero-order valence-electron chi connectivity index (χ0n) is 12.7. The van der Waals surface area contributed by atoms with Crippen LogP contribution in [0.4, 0.5) is 0 Å². The molecule has 0 aliphatic heterocycles. The summed E-state index contributed by atoms with van der Waals surface area (Å²) in [5, 5.41) is 3.00. The third-order valence-electron chi connectivity index (χ3n) is 3.80. The maximum absolute atomic E-state index is 12.0. The van der Waals surface area contributed by atoms with Gasteiger partial charge in [0.15, 0.2) is 0 Å². The fourth-order valence-electron chi connectivity index (χ4n) is 2.38. The van der Waals surface area contributed by atoms with Crippen molar-refractivity contribution < 1.29 is 4.79 Å². The smallest absolute Gasteiger partial charge is 0.224 e. The number of amides is 1. The molecule has 0 saturated heterocycles. The summed E-state index contributed by atoms with van der Waals surface area (Å²) >= 11 is 0. The summed E-state index contributed by atoms with van der Waals surface area (Å²) in [4.78, 5) is 12.0. The lowest BCUT2D eigenvalue weighted by atomic mass is 10.1. The van der Waals surface area contributed by atoms with Gasteiger partial charge in [0.2, 0.25) is 5.91 Å². The number of rotatable bonds is 4. The number of carbonyl (C=O) groups is 1. The number of hydrogen-bond acceptors (Lipinski definition) is 1. The molecule has 0 atom stereocenters. The number of aromatic nitrogens is 1. The van der Waals surface area contributed by atoms with Gasteiger partial charge >= 0.3 is 0 Å². The fourth-order valence-corrected chi connectivity index (χ4v) is 2.38. The molecule has 0 spiro atoms. The zero-order valence-corrected chi connectivity index (χ0v) is 12.7. The molecular weight excluding hydrogens is 248 g/mol. The summed E-state index contributed by atoms with van der Waals surface area (Å²) in [6, 6.07) is 10.2. The molecule has 0 saturated carbocycles. The van der Waals surface area contributed by atoms with Crippen LogP contribution in [0.3, 0.4) is 0 Å². The number of nitrogens with zero attached hydrogens (tertiary/aromatic N) is 1. The Morgan fingerprint density at radius 3 is 2.55 bits per heavy atom. The summed E-state index contributed by atoms with van der Waals surface area (Å²) in [6.45, 7) is 6.79. The molecule has 3 heteroatoms. The molecule has 1 heterocycles. The molecule has 0 unspecified atom stereocenters. The van der Waals surface area contributed by atoms with Crippen LogP contribution in [-0.4, -0.2) is 10.5 Å². The minimum absolute atomic E-state index is 0.0662. The van der Waals surface area contributed by atoms with E-state index in [9.17, 15) is 4.79 Å². The van der Waals surface area contributed by atoms with Crippen molar-refractivity contribution in [3.05, 3.63) is 58.4 Å².